The van der Waals surface area contributed by atoms with Crippen LogP contribution in [0, 0.1) is 17.0 Å². The van der Waals surface area contributed by atoms with Gasteiger partial charge in [-0.2, -0.15) is 0 Å². The van der Waals surface area contributed by atoms with E-state index < -0.39 is 4.92 Å². The standard InChI is InChI=1S/C15H15N3O3/c1-11-10-13(18(20)21)8-9-14(11)16-15(19)17(2)12-6-4-3-5-7-12/h3-10H,1-2H3,(H,16,19). The Labute approximate surface area is 122 Å². The van der Waals surface area contributed by atoms with Crippen LogP contribution in [0.3, 0.4) is 0 Å². The Morgan fingerprint density at radius 1 is 1.19 bits per heavy atom. The molecule has 0 aliphatic carbocycles. The van der Waals surface area contributed by atoms with Crippen molar-refractivity contribution in [3.63, 3.8) is 0 Å². The number of carbonyl (C=O) groups excluding carboxylic acids is 1. The molecule has 2 aromatic rings. The summed E-state index contributed by atoms with van der Waals surface area (Å²) in [5.74, 6) is 0. The number of anilines is 2. The van der Waals surface area contributed by atoms with Crippen LogP contribution < -0.4 is 10.2 Å². The number of nitro benzene ring substituents is 1. The summed E-state index contributed by atoms with van der Waals surface area (Å²) in [7, 11) is 1.66. The molecule has 108 valence electrons. The van der Waals surface area contributed by atoms with Gasteiger partial charge in [-0.15, -0.1) is 0 Å². The number of hydrogen-bond acceptors (Lipinski definition) is 3. The van der Waals surface area contributed by atoms with Gasteiger partial charge in [-0.1, -0.05) is 18.2 Å². The van der Waals surface area contributed by atoms with E-state index in [4.69, 9.17) is 0 Å². The van der Waals surface area contributed by atoms with Crippen LogP contribution in [0.15, 0.2) is 48.5 Å². The Kier molecular flexibility index (Phi) is 4.18. The smallest absolute Gasteiger partial charge is 0.307 e. The van der Waals surface area contributed by atoms with E-state index in [1.807, 2.05) is 30.3 Å². The highest BCUT2D eigenvalue weighted by Gasteiger charge is 2.13. The summed E-state index contributed by atoms with van der Waals surface area (Å²) in [5, 5.41) is 13.4. The minimum absolute atomic E-state index is 0.00177. The van der Waals surface area contributed by atoms with E-state index in [9.17, 15) is 14.9 Å². The lowest BCUT2D eigenvalue weighted by Gasteiger charge is -2.18. The normalized spacial score (nSPS) is 10.0. The zero-order valence-corrected chi connectivity index (χ0v) is 11.7. The summed E-state index contributed by atoms with van der Waals surface area (Å²) < 4.78 is 0. The molecule has 6 nitrogen and oxygen atoms in total. The van der Waals surface area contributed by atoms with Crippen molar-refractivity contribution < 1.29 is 9.72 Å². The van der Waals surface area contributed by atoms with Gasteiger partial charge in [0.2, 0.25) is 0 Å². The first-order valence-corrected chi connectivity index (χ1v) is 6.34. The first-order chi connectivity index (χ1) is 9.99. The average Bonchev–Trinajstić information content (AvgIpc) is 2.49. The van der Waals surface area contributed by atoms with Crippen LogP contribution in [0.5, 0.6) is 0 Å². The number of nitro groups is 1. The molecule has 0 unspecified atom stereocenters. The van der Waals surface area contributed by atoms with Crippen LogP contribution in [0.2, 0.25) is 0 Å². The number of para-hydroxylation sites is 1. The second kappa shape index (κ2) is 6.04. The molecular formula is C15H15N3O3. The van der Waals surface area contributed by atoms with Crippen molar-refractivity contribution >= 4 is 23.1 Å². The van der Waals surface area contributed by atoms with Crippen LogP contribution in [0.4, 0.5) is 21.9 Å². The van der Waals surface area contributed by atoms with Gasteiger partial charge in [0, 0.05) is 30.6 Å². The van der Waals surface area contributed by atoms with Gasteiger partial charge < -0.3 is 5.32 Å². The van der Waals surface area contributed by atoms with E-state index in [0.717, 1.165) is 5.69 Å². The molecule has 0 aliphatic rings. The fourth-order valence-corrected chi connectivity index (χ4v) is 1.87. The molecule has 0 fully saturated rings. The van der Waals surface area contributed by atoms with Crippen LogP contribution in [0.25, 0.3) is 0 Å². The summed E-state index contributed by atoms with van der Waals surface area (Å²) in [6, 6.07) is 13.2. The molecule has 1 N–H and O–H groups in total. The molecule has 21 heavy (non-hydrogen) atoms. The van der Waals surface area contributed by atoms with E-state index in [1.54, 1.807) is 14.0 Å². The Morgan fingerprint density at radius 2 is 1.86 bits per heavy atom. The van der Waals surface area contributed by atoms with E-state index in [2.05, 4.69) is 5.32 Å². The fraction of sp³-hybridized carbons (Fsp3) is 0.133. The summed E-state index contributed by atoms with van der Waals surface area (Å²) >= 11 is 0. The number of non-ortho nitro benzene ring substituents is 1. The zero-order chi connectivity index (χ0) is 15.4. The number of rotatable bonds is 3. The second-order valence-corrected chi connectivity index (χ2v) is 4.58. The van der Waals surface area contributed by atoms with Crippen LogP contribution in [-0.4, -0.2) is 18.0 Å². The first kappa shape index (κ1) is 14.5. The van der Waals surface area contributed by atoms with Crippen molar-refractivity contribution in [1.82, 2.24) is 0 Å². The second-order valence-electron chi connectivity index (χ2n) is 4.58. The van der Waals surface area contributed by atoms with Crippen molar-refractivity contribution in [1.29, 1.82) is 0 Å². The number of nitrogens with zero attached hydrogens (tertiary/aromatic N) is 2. The van der Waals surface area contributed by atoms with Crippen LogP contribution in [0.1, 0.15) is 5.56 Å². The topological polar surface area (TPSA) is 75.5 Å². The van der Waals surface area contributed by atoms with Gasteiger partial charge in [0.25, 0.3) is 5.69 Å². The van der Waals surface area contributed by atoms with Gasteiger partial charge in [-0.25, -0.2) is 4.79 Å². The summed E-state index contributed by atoms with van der Waals surface area (Å²) in [5.41, 5.74) is 1.95. The van der Waals surface area contributed by atoms with Gasteiger partial charge in [0.1, 0.15) is 0 Å². The Hall–Kier alpha value is -2.89. The molecule has 0 bridgehead atoms. The van der Waals surface area contributed by atoms with E-state index in [1.165, 1.54) is 23.1 Å². The van der Waals surface area contributed by atoms with Crippen LogP contribution in [-0.2, 0) is 0 Å². The Bertz CT molecular complexity index is 671. The maximum Gasteiger partial charge on any atom is 0.326 e. The van der Waals surface area contributed by atoms with Crippen LogP contribution >= 0.6 is 0 Å². The molecule has 0 spiro atoms. The van der Waals surface area contributed by atoms with Gasteiger partial charge in [-0.3, -0.25) is 15.0 Å². The number of hydrogen-bond donors (Lipinski definition) is 1. The lowest BCUT2D eigenvalue weighted by Crippen LogP contribution is -2.31. The molecule has 0 atom stereocenters. The molecule has 2 aromatic carbocycles. The number of amides is 2. The average molecular weight is 285 g/mol. The minimum Gasteiger partial charge on any atom is -0.307 e. The summed E-state index contributed by atoms with van der Waals surface area (Å²) in [6.07, 6.45) is 0. The highest BCUT2D eigenvalue weighted by atomic mass is 16.6. The molecule has 0 saturated heterocycles. The lowest BCUT2D eigenvalue weighted by atomic mass is 10.2. The number of carbonyl (C=O) groups is 1. The van der Waals surface area contributed by atoms with Crippen molar-refractivity contribution in [2.75, 3.05) is 17.3 Å². The zero-order valence-electron chi connectivity index (χ0n) is 11.7. The molecule has 0 saturated carbocycles. The third-order valence-electron chi connectivity index (χ3n) is 3.11. The SMILES string of the molecule is Cc1cc([N+](=O)[O-])ccc1NC(=O)N(C)c1ccccc1. The maximum absolute atomic E-state index is 12.2. The largest absolute Gasteiger partial charge is 0.326 e. The fourth-order valence-electron chi connectivity index (χ4n) is 1.87. The molecule has 2 amide bonds. The highest BCUT2D eigenvalue weighted by molar-refractivity contribution is 6.01. The molecule has 0 radical (unpaired) electrons. The summed E-state index contributed by atoms with van der Waals surface area (Å²) in [4.78, 5) is 23.9. The molecule has 2 rings (SSSR count). The van der Waals surface area contributed by atoms with Crippen molar-refractivity contribution in [2.24, 2.45) is 0 Å². The molecular weight excluding hydrogens is 270 g/mol. The highest BCUT2D eigenvalue weighted by Crippen LogP contribution is 2.22. The van der Waals surface area contributed by atoms with Gasteiger partial charge in [0.05, 0.1) is 4.92 Å². The Balaban J connectivity index is 2.15. The first-order valence-electron chi connectivity index (χ1n) is 6.34. The Morgan fingerprint density at radius 3 is 2.43 bits per heavy atom. The van der Waals surface area contributed by atoms with Crippen molar-refractivity contribution in [2.45, 2.75) is 6.92 Å². The quantitative estimate of drug-likeness (QED) is 0.692. The lowest BCUT2D eigenvalue weighted by molar-refractivity contribution is -0.384. The maximum atomic E-state index is 12.2. The monoisotopic (exact) mass is 285 g/mol. The van der Waals surface area contributed by atoms with Gasteiger partial charge in [0.15, 0.2) is 0 Å². The molecule has 6 heteroatoms. The van der Waals surface area contributed by atoms with Gasteiger partial charge >= 0.3 is 6.03 Å². The third kappa shape index (κ3) is 3.36. The van der Waals surface area contributed by atoms with Crippen molar-refractivity contribution in [3.05, 3.63) is 64.2 Å². The molecule has 0 aliphatic heterocycles. The number of aryl methyl sites for hydroxylation is 1. The predicted molar refractivity (Wildman–Crippen MR) is 81.7 cm³/mol. The molecule has 0 heterocycles. The minimum atomic E-state index is -0.464. The number of urea groups is 1. The van der Waals surface area contributed by atoms with E-state index in [0.29, 0.717) is 11.3 Å². The van der Waals surface area contributed by atoms with E-state index >= 15 is 0 Å². The third-order valence-corrected chi connectivity index (χ3v) is 3.11. The van der Waals surface area contributed by atoms with Gasteiger partial charge in [-0.05, 0) is 30.7 Å². The van der Waals surface area contributed by atoms with Crippen molar-refractivity contribution in [3.8, 4) is 0 Å². The summed E-state index contributed by atoms with van der Waals surface area (Å²) in [6.45, 7) is 1.71. The molecule has 0 aromatic heterocycles. The van der Waals surface area contributed by atoms with E-state index in [-0.39, 0.29) is 11.7 Å². The predicted octanol–water partition coefficient (Wildman–Crippen LogP) is 3.57. The number of benzene rings is 2. The number of nitrogens with one attached hydrogen (secondary N) is 1.